The first kappa shape index (κ1) is 10.5. The van der Waals surface area contributed by atoms with Gasteiger partial charge in [0.05, 0.1) is 19.7 Å². The Morgan fingerprint density at radius 3 is 3.00 bits per heavy atom. The van der Waals surface area contributed by atoms with Gasteiger partial charge in [0.2, 0.25) is 0 Å². The number of halogens is 1. The highest BCUT2D eigenvalue weighted by Crippen LogP contribution is 2.18. The lowest BCUT2D eigenvalue weighted by Gasteiger charge is -2.07. The second-order valence-electron chi connectivity index (χ2n) is 2.72. The lowest BCUT2D eigenvalue weighted by molar-refractivity contribution is 0.407. The molecule has 14 heavy (non-hydrogen) atoms. The smallest absolute Gasteiger partial charge is 0.123 e. The van der Waals surface area contributed by atoms with Crippen LogP contribution in [-0.4, -0.2) is 13.7 Å². The number of methoxy groups -OCH3 is 1. The quantitative estimate of drug-likeness (QED) is 0.582. The van der Waals surface area contributed by atoms with Crippen LogP contribution in [0.3, 0.4) is 0 Å². The van der Waals surface area contributed by atoms with Crippen LogP contribution in [0.15, 0.2) is 18.2 Å². The number of rotatable bonds is 4. The molecule has 3 nitrogen and oxygen atoms in total. The molecule has 0 radical (unpaired) electrons. The van der Waals surface area contributed by atoms with Crippen LogP contribution in [0.25, 0.3) is 0 Å². The highest BCUT2D eigenvalue weighted by atomic mass is 19.1. The second kappa shape index (κ2) is 5.20. The van der Waals surface area contributed by atoms with Crippen molar-refractivity contribution in [3.63, 3.8) is 0 Å². The van der Waals surface area contributed by atoms with E-state index in [4.69, 9.17) is 10.00 Å². The Hall–Kier alpha value is -1.60. The predicted molar refractivity (Wildman–Crippen MR) is 50.3 cm³/mol. The molecule has 0 bridgehead atoms. The zero-order chi connectivity index (χ0) is 10.4. The molecule has 1 rings (SSSR count). The fourth-order valence-electron chi connectivity index (χ4n) is 1.14. The lowest BCUT2D eigenvalue weighted by atomic mass is 10.2. The van der Waals surface area contributed by atoms with E-state index in [0.29, 0.717) is 17.9 Å². The van der Waals surface area contributed by atoms with Crippen LogP contribution >= 0.6 is 0 Å². The van der Waals surface area contributed by atoms with Crippen LogP contribution in [0, 0.1) is 17.1 Å². The highest BCUT2D eigenvalue weighted by molar-refractivity contribution is 5.33. The first-order chi connectivity index (χ1) is 6.77. The third-order valence-corrected chi connectivity index (χ3v) is 1.76. The Morgan fingerprint density at radius 1 is 1.57 bits per heavy atom. The molecule has 0 amide bonds. The minimum atomic E-state index is -0.306. The van der Waals surface area contributed by atoms with Gasteiger partial charge in [-0.15, -0.1) is 0 Å². The summed E-state index contributed by atoms with van der Waals surface area (Å²) < 4.78 is 17.9. The minimum Gasteiger partial charge on any atom is -0.496 e. The van der Waals surface area contributed by atoms with Crippen LogP contribution in [0.1, 0.15) is 5.56 Å². The zero-order valence-corrected chi connectivity index (χ0v) is 7.88. The largest absolute Gasteiger partial charge is 0.496 e. The standard InChI is InChI=1S/C10H11FN2O/c1-14-10-3-2-9(11)6-8(10)7-13-5-4-12/h2-3,6,13H,5,7H2,1H3. The third-order valence-electron chi connectivity index (χ3n) is 1.76. The van der Waals surface area contributed by atoms with Crippen molar-refractivity contribution in [2.75, 3.05) is 13.7 Å². The molecule has 0 aliphatic rings. The SMILES string of the molecule is COc1ccc(F)cc1CNCC#N. The van der Waals surface area contributed by atoms with Crippen LogP contribution in [-0.2, 0) is 6.54 Å². The van der Waals surface area contributed by atoms with Crippen LogP contribution < -0.4 is 10.1 Å². The fourth-order valence-corrected chi connectivity index (χ4v) is 1.14. The molecular weight excluding hydrogens is 183 g/mol. The summed E-state index contributed by atoms with van der Waals surface area (Å²) in [7, 11) is 1.53. The molecule has 0 aliphatic heterocycles. The van der Waals surface area contributed by atoms with Gasteiger partial charge in [0.25, 0.3) is 0 Å². The zero-order valence-electron chi connectivity index (χ0n) is 7.88. The Kier molecular flexibility index (Phi) is 3.89. The molecule has 0 saturated carbocycles. The van der Waals surface area contributed by atoms with E-state index in [2.05, 4.69) is 5.32 Å². The number of hydrogen-bond acceptors (Lipinski definition) is 3. The fraction of sp³-hybridized carbons (Fsp3) is 0.300. The summed E-state index contributed by atoms with van der Waals surface area (Å²) in [5, 5.41) is 11.2. The molecule has 0 aliphatic carbocycles. The molecular formula is C10H11FN2O. The number of benzene rings is 1. The molecule has 0 atom stereocenters. The number of hydrogen-bond donors (Lipinski definition) is 1. The van der Waals surface area contributed by atoms with Crippen LogP contribution in [0.5, 0.6) is 5.75 Å². The van der Waals surface area contributed by atoms with E-state index in [0.717, 1.165) is 0 Å². The van der Waals surface area contributed by atoms with Crippen molar-refractivity contribution in [1.29, 1.82) is 5.26 Å². The maximum absolute atomic E-state index is 12.8. The summed E-state index contributed by atoms with van der Waals surface area (Å²) >= 11 is 0. The van der Waals surface area contributed by atoms with Crippen molar-refractivity contribution >= 4 is 0 Å². The lowest BCUT2D eigenvalue weighted by Crippen LogP contribution is -2.13. The Morgan fingerprint density at radius 2 is 2.36 bits per heavy atom. The predicted octanol–water partition coefficient (Wildman–Crippen LogP) is 1.45. The molecule has 0 unspecified atom stereocenters. The van der Waals surface area contributed by atoms with E-state index in [9.17, 15) is 4.39 Å². The minimum absolute atomic E-state index is 0.236. The van der Waals surface area contributed by atoms with Crippen molar-refractivity contribution in [3.05, 3.63) is 29.6 Å². The number of nitriles is 1. The van der Waals surface area contributed by atoms with E-state index in [1.807, 2.05) is 6.07 Å². The summed E-state index contributed by atoms with van der Waals surface area (Å²) in [5.41, 5.74) is 0.711. The van der Waals surface area contributed by atoms with E-state index in [-0.39, 0.29) is 12.4 Å². The van der Waals surface area contributed by atoms with Crippen molar-refractivity contribution < 1.29 is 9.13 Å². The maximum Gasteiger partial charge on any atom is 0.123 e. The maximum atomic E-state index is 12.8. The molecule has 0 heterocycles. The monoisotopic (exact) mass is 194 g/mol. The Bertz CT molecular complexity index is 346. The first-order valence-electron chi connectivity index (χ1n) is 4.18. The van der Waals surface area contributed by atoms with Gasteiger partial charge in [0, 0.05) is 12.1 Å². The molecule has 0 spiro atoms. The van der Waals surface area contributed by atoms with E-state index in [1.165, 1.54) is 19.2 Å². The molecule has 1 aromatic rings. The van der Waals surface area contributed by atoms with Gasteiger partial charge < -0.3 is 10.1 Å². The van der Waals surface area contributed by atoms with Crippen LogP contribution in [0.2, 0.25) is 0 Å². The number of nitrogens with zero attached hydrogens (tertiary/aromatic N) is 1. The molecule has 0 fully saturated rings. The van der Waals surface area contributed by atoms with E-state index in [1.54, 1.807) is 6.07 Å². The van der Waals surface area contributed by atoms with Crippen molar-refractivity contribution in [1.82, 2.24) is 5.32 Å². The number of nitrogens with one attached hydrogen (secondary N) is 1. The van der Waals surface area contributed by atoms with Gasteiger partial charge in [-0.3, -0.25) is 0 Å². The topological polar surface area (TPSA) is 45.0 Å². The van der Waals surface area contributed by atoms with Crippen molar-refractivity contribution in [2.24, 2.45) is 0 Å². The van der Waals surface area contributed by atoms with Gasteiger partial charge in [0.15, 0.2) is 0 Å². The molecule has 74 valence electrons. The van der Waals surface area contributed by atoms with E-state index >= 15 is 0 Å². The normalized spacial score (nSPS) is 9.50. The van der Waals surface area contributed by atoms with Gasteiger partial charge in [-0.2, -0.15) is 5.26 Å². The average molecular weight is 194 g/mol. The number of ether oxygens (including phenoxy) is 1. The summed E-state index contributed by atoms with van der Waals surface area (Å²) in [6.07, 6.45) is 0. The van der Waals surface area contributed by atoms with Crippen molar-refractivity contribution in [3.8, 4) is 11.8 Å². The van der Waals surface area contributed by atoms with Gasteiger partial charge in [0.1, 0.15) is 11.6 Å². The summed E-state index contributed by atoms with van der Waals surface area (Å²) in [6.45, 7) is 0.661. The average Bonchev–Trinajstić information content (AvgIpc) is 2.19. The van der Waals surface area contributed by atoms with Crippen LogP contribution in [0.4, 0.5) is 4.39 Å². The van der Waals surface area contributed by atoms with Gasteiger partial charge in [-0.05, 0) is 18.2 Å². The highest BCUT2D eigenvalue weighted by Gasteiger charge is 2.03. The van der Waals surface area contributed by atoms with Crippen molar-refractivity contribution in [2.45, 2.75) is 6.54 Å². The summed E-state index contributed by atoms with van der Waals surface area (Å²) in [4.78, 5) is 0. The molecule has 4 heteroatoms. The third kappa shape index (κ3) is 2.71. The molecule has 1 aromatic carbocycles. The van der Waals surface area contributed by atoms with Gasteiger partial charge in [-0.25, -0.2) is 4.39 Å². The Balaban J connectivity index is 2.73. The molecule has 1 N–H and O–H groups in total. The van der Waals surface area contributed by atoms with Gasteiger partial charge >= 0.3 is 0 Å². The van der Waals surface area contributed by atoms with Gasteiger partial charge in [-0.1, -0.05) is 0 Å². The second-order valence-corrected chi connectivity index (χ2v) is 2.72. The Labute approximate surface area is 82.1 Å². The first-order valence-corrected chi connectivity index (χ1v) is 4.18. The molecule has 0 aromatic heterocycles. The summed E-state index contributed by atoms with van der Waals surface area (Å²) in [6, 6.07) is 6.24. The summed E-state index contributed by atoms with van der Waals surface area (Å²) in [5.74, 6) is 0.316. The molecule has 0 saturated heterocycles. The van der Waals surface area contributed by atoms with E-state index < -0.39 is 0 Å².